The van der Waals surface area contributed by atoms with Crippen molar-refractivity contribution in [3.63, 3.8) is 0 Å². The molecule has 0 radical (unpaired) electrons. The highest BCUT2D eigenvalue weighted by Crippen LogP contribution is 2.20. The van der Waals surface area contributed by atoms with E-state index in [-0.39, 0.29) is 18.5 Å². The quantitative estimate of drug-likeness (QED) is 0.0320. The number of nitrogens with one attached hydrogen (secondary N) is 1. The van der Waals surface area contributed by atoms with Gasteiger partial charge in [-0.3, -0.25) is 9.59 Å². The smallest absolute Gasteiger partial charge is 0.305 e. The number of esters is 1. The van der Waals surface area contributed by atoms with Crippen LogP contribution < -0.4 is 5.32 Å². The van der Waals surface area contributed by atoms with Crippen molar-refractivity contribution >= 4 is 11.9 Å². The van der Waals surface area contributed by atoms with E-state index in [0.29, 0.717) is 25.9 Å². The van der Waals surface area contributed by atoms with E-state index in [1.54, 1.807) is 0 Å². The van der Waals surface area contributed by atoms with Crippen molar-refractivity contribution in [1.29, 1.82) is 0 Å². The van der Waals surface area contributed by atoms with Crippen molar-refractivity contribution in [3.8, 4) is 0 Å². The molecular weight excluding hydrogens is 1100 g/mol. The second-order valence-electron chi connectivity index (χ2n) is 28.8. The summed E-state index contributed by atoms with van der Waals surface area (Å²) >= 11 is 0. The minimum atomic E-state index is -0.662. The summed E-state index contributed by atoms with van der Waals surface area (Å²) in [6.07, 6.45) is 103. The van der Waals surface area contributed by atoms with E-state index in [9.17, 15) is 19.8 Å². The van der Waals surface area contributed by atoms with E-state index in [1.807, 2.05) is 0 Å². The van der Waals surface area contributed by atoms with Crippen molar-refractivity contribution < 1.29 is 24.5 Å². The molecule has 6 heteroatoms. The summed E-state index contributed by atoms with van der Waals surface area (Å²) in [6.45, 7) is 5.00. The predicted octanol–water partition coefficient (Wildman–Crippen LogP) is 27.6. The SMILES string of the molecule is CCCCCCCC/C=C\CCCCCCCCCC(=O)OCCCCCCCCCCCCCCCCCC/C=C\CCCCCCCCCCCCCCCCCCCC(=O)NC(CO)C(O)CCCCCCCCCCCCCCCCCCCCC. The van der Waals surface area contributed by atoms with Gasteiger partial charge < -0.3 is 20.3 Å². The first-order chi connectivity index (χ1) is 44.5. The van der Waals surface area contributed by atoms with Gasteiger partial charge in [0, 0.05) is 12.8 Å². The zero-order valence-electron chi connectivity index (χ0n) is 61.4. The van der Waals surface area contributed by atoms with Crippen LogP contribution in [-0.4, -0.2) is 47.4 Å². The Morgan fingerprint density at radius 3 is 0.789 bits per heavy atom. The van der Waals surface area contributed by atoms with E-state index in [1.165, 1.54) is 405 Å². The highest BCUT2D eigenvalue weighted by atomic mass is 16.5. The molecule has 534 valence electrons. The average molecular weight is 1270 g/mol. The lowest BCUT2D eigenvalue weighted by molar-refractivity contribution is -0.143. The predicted molar refractivity (Wildman–Crippen MR) is 398 cm³/mol. The Morgan fingerprint density at radius 1 is 0.300 bits per heavy atom. The molecule has 1 amide bonds. The molecule has 0 aliphatic rings. The first-order valence-electron chi connectivity index (χ1n) is 41.6. The van der Waals surface area contributed by atoms with E-state index >= 15 is 0 Å². The summed E-state index contributed by atoms with van der Waals surface area (Å²) < 4.78 is 5.51. The molecule has 90 heavy (non-hydrogen) atoms. The monoisotopic (exact) mass is 1270 g/mol. The van der Waals surface area contributed by atoms with Gasteiger partial charge in [0.2, 0.25) is 5.91 Å². The fourth-order valence-corrected chi connectivity index (χ4v) is 13.4. The molecule has 0 aromatic carbocycles. The van der Waals surface area contributed by atoms with E-state index in [0.717, 1.165) is 38.5 Å². The van der Waals surface area contributed by atoms with Crippen molar-refractivity contribution in [2.75, 3.05) is 13.2 Å². The van der Waals surface area contributed by atoms with Gasteiger partial charge in [-0.2, -0.15) is 0 Å². The van der Waals surface area contributed by atoms with E-state index < -0.39 is 12.1 Å². The van der Waals surface area contributed by atoms with Gasteiger partial charge in [0.25, 0.3) is 0 Å². The van der Waals surface area contributed by atoms with Crippen molar-refractivity contribution in [3.05, 3.63) is 24.3 Å². The number of ether oxygens (including phenoxy) is 1. The molecule has 0 bridgehead atoms. The number of unbranched alkanes of at least 4 members (excludes halogenated alkanes) is 64. The molecule has 2 atom stereocenters. The highest BCUT2D eigenvalue weighted by molar-refractivity contribution is 5.76. The third kappa shape index (κ3) is 75.4. The van der Waals surface area contributed by atoms with Crippen molar-refractivity contribution in [2.24, 2.45) is 0 Å². The summed E-state index contributed by atoms with van der Waals surface area (Å²) in [7, 11) is 0. The molecule has 0 saturated carbocycles. The third-order valence-corrected chi connectivity index (χ3v) is 19.7. The minimum absolute atomic E-state index is 0.0192. The molecule has 0 fully saturated rings. The third-order valence-electron chi connectivity index (χ3n) is 19.7. The van der Waals surface area contributed by atoms with Crippen LogP contribution >= 0.6 is 0 Å². The lowest BCUT2D eigenvalue weighted by atomic mass is 10.0. The van der Waals surface area contributed by atoms with Gasteiger partial charge in [0.05, 0.1) is 25.4 Å². The number of hydrogen-bond donors (Lipinski definition) is 3. The zero-order chi connectivity index (χ0) is 64.9. The number of hydrogen-bond acceptors (Lipinski definition) is 5. The Kier molecular flexibility index (Phi) is 78.3. The molecule has 6 nitrogen and oxygen atoms in total. The fraction of sp³-hybridized carbons (Fsp3) is 0.929. The molecule has 2 unspecified atom stereocenters. The molecule has 0 saturated heterocycles. The van der Waals surface area contributed by atoms with Crippen LogP contribution in [0, 0.1) is 0 Å². The second kappa shape index (κ2) is 79.8. The molecular formula is C84H163NO5. The standard InChI is InChI=1S/C84H163NO5/c1-3-5-7-9-11-13-15-17-19-21-41-45-48-52-56-60-64-68-72-76-82(87)81(80-86)85-83(88)77-73-69-65-61-57-53-49-46-42-39-37-35-33-31-29-27-25-23-22-24-26-28-30-32-34-36-38-40-43-47-51-55-59-63-67-71-75-79-90-84(89)78-74-70-66-62-58-54-50-44-20-18-16-14-12-10-8-6-4-2/h18,20,22,24,81-82,86-87H,3-17,19,21,23,25-80H2,1-2H3,(H,85,88)/b20-18-,24-22-. The van der Waals surface area contributed by atoms with E-state index in [4.69, 9.17) is 4.74 Å². The summed E-state index contributed by atoms with van der Waals surface area (Å²) in [5, 5.41) is 23.4. The van der Waals surface area contributed by atoms with Crippen LogP contribution in [0.15, 0.2) is 24.3 Å². The minimum Gasteiger partial charge on any atom is -0.466 e. The Bertz CT molecular complexity index is 1410. The number of aliphatic hydroxyl groups excluding tert-OH is 2. The van der Waals surface area contributed by atoms with E-state index in [2.05, 4.69) is 43.5 Å². The lowest BCUT2D eigenvalue weighted by Crippen LogP contribution is -2.45. The molecule has 0 aromatic heterocycles. The molecule has 0 aliphatic carbocycles. The van der Waals surface area contributed by atoms with Crippen LogP contribution in [0.4, 0.5) is 0 Å². The summed E-state index contributed by atoms with van der Waals surface area (Å²) in [4.78, 5) is 24.7. The van der Waals surface area contributed by atoms with Crippen LogP contribution in [0.25, 0.3) is 0 Å². The summed E-state index contributed by atoms with van der Waals surface area (Å²) in [6, 6.07) is -0.539. The summed E-state index contributed by atoms with van der Waals surface area (Å²) in [5.74, 6) is -0.00671. The van der Waals surface area contributed by atoms with Gasteiger partial charge in [0.1, 0.15) is 0 Å². The normalized spacial score (nSPS) is 12.5. The number of aliphatic hydroxyl groups is 2. The van der Waals surface area contributed by atoms with Gasteiger partial charge in [-0.15, -0.1) is 0 Å². The molecule has 0 aromatic rings. The number of allylic oxidation sites excluding steroid dienone is 4. The molecule has 3 N–H and O–H groups in total. The van der Waals surface area contributed by atoms with Crippen LogP contribution in [0.1, 0.15) is 476 Å². The maximum Gasteiger partial charge on any atom is 0.305 e. The van der Waals surface area contributed by atoms with Gasteiger partial charge in [-0.25, -0.2) is 0 Å². The number of amides is 1. The Balaban J connectivity index is 3.32. The van der Waals surface area contributed by atoms with Gasteiger partial charge in [-0.1, -0.05) is 411 Å². The number of carbonyl (C=O) groups is 2. The topological polar surface area (TPSA) is 95.9 Å². The maximum atomic E-state index is 12.6. The molecule has 0 spiro atoms. The van der Waals surface area contributed by atoms with Gasteiger partial charge in [-0.05, 0) is 77.0 Å². The van der Waals surface area contributed by atoms with Crippen LogP contribution in [0.2, 0.25) is 0 Å². The average Bonchev–Trinajstić information content (AvgIpc) is 3.58. The van der Waals surface area contributed by atoms with Gasteiger partial charge in [0.15, 0.2) is 0 Å². The second-order valence-corrected chi connectivity index (χ2v) is 28.8. The summed E-state index contributed by atoms with van der Waals surface area (Å²) in [5.41, 5.74) is 0. The van der Waals surface area contributed by atoms with Gasteiger partial charge >= 0.3 is 5.97 Å². The molecule has 0 heterocycles. The largest absolute Gasteiger partial charge is 0.466 e. The zero-order valence-corrected chi connectivity index (χ0v) is 61.4. The van der Waals surface area contributed by atoms with Crippen molar-refractivity contribution in [2.45, 2.75) is 488 Å². The highest BCUT2D eigenvalue weighted by Gasteiger charge is 2.20. The molecule has 0 aliphatic heterocycles. The Hall–Kier alpha value is -1.66. The van der Waals surface area contributed by atoms with Crippen LogP contribution in [-0.2, 0) is 14.3 Å². The van der Waals surface area contributed by atoms with Crippen LogP contribution in [0.3, 0.4) is 0 Å². The Labute approximate surface area is 564 Å². The first-order valence-corrected chi connectivity index (χ1v) is 41.6. The lowest BCUT2D eigenvalue weighted by Gasteiger charge is -2.22. The molecule has 0 rings (SSSR count). The number of carbonyl (C=O) groups excluding carboxylic acids is 2. The number of rotatable bonds is 79. The fourth-order valence-electron chi connectivity index (χ4n) is 13.4. The van der Waals surface area contributed by atoms with Crippen molar-refractivity contribution in [1.82, 2.24) is 5.32 Å². The maximum absolute atomic E-state index is 12.6. The first kappa shape index (κ1) is 88.3. The van der Waals surface area contributed by atoms with Crippen LogP contribution in [0.5, 0.6) is 0 Å². The Morgan fingerprint density at radius 2 is 0.522 bits per heavy atom.